The van der Waals surface area contributed by atoms with Crippen molar-refractivity contribution in [3.63, 3.8) is 0 Å². The van der Waals surface area contributed by atoms with E-state index in [0.29, 0.717) is 30.9 Å². The van der Waals surface area contributed by atoms with Gasteiger partial charge in [-0.2, -0.15) is 0 Å². The first kappa shape index (κ1) is 17.3. The molecule has 118 valence electrons. The molecule has 0 spiro atoms. The van der Waals surface area contributed by atoms with Gasteiger partial charge in [0.2, 0.25) is 5.91 Å². The number of carbonyl (C=O) groups is 1. The largest absolute Gasteiger partial charge is 0.493 e. The first-order chi connectivity index (χ1) is 10.0. The highest BCUT2D eigenvalue weighted by Crippen LogP contribution is 2.27. The second-order valence-corrected chi connectivity index (χ2v) is 5.06. The molecule has 0 aliphatic heterocycles. The second-order valence-electron chi connectivity index (χ2n) is 5.06. The lowest BCUT2D eigenvalue weighted by atomic mass is 9.93. The van der Waals surface area contributed by atoms with Gasteiger partial charge < -0.3 is 20.5 Å². The van der Waals surface area contributed by atoms with Gasteiger partial charge in [-0.3, -0.25) is 4.79 Å². The fourth-order valence-electron chi connectivity index (χ4n) is 2.10. The van der Waals surface area contributed by atoms with E-state index >= 15 is 0 Å². The van der Waals surface area contributed by atoms with Gasteiger partial charge in [-0.1, -0.05) is 19.9 Å². The van der Waals surface area contributed by atoms with E-state index in [1.807, 2.05) is 32.0 Å². The van der Waals surface area contributed by atoms with Crippen LogP contribution in [0, 0.1) is 0 Å². The Hall–Kier alpha value is -1.75. The molecule has 0 radical (unpaired) electrons. The minimum Gasteiger partial charge on any atom is -0.493 e. The van der Waals surface area contributed by atoms with Gasteiger partial charge in [-0.05, 0) is 37.0 Å². The number of nitrogens with one attached hydrogen (secondary N) is 1. The lowest BCUT2D eigenvalue weighted by molar-refractivity contribution is -0.126. The maximum absolute atomic E-state index is 12.1. The summed E-state index contributed by atoms with van der Waals surface area (Å²) in [6, 6.07) is 5.74. The first-order valence-electron chi connectivity index (χ1n) is 7.28. The molecule has 21 heavy (non-hydrogen) atoms. The summed E-state index contributed by atoms with van der Waals surface area (Å²) in [7, 11) is 3.21. The van der Waals surface area contributed by atoms with E-state index in [-0.39, 0.29) is 5.91 Å². The molecule has 1 aromatic rings. The Balaban J connectivity index is 2.58. The van der Waals surface area contributed by atoms with Crippen molar-refractivity contribution in [2.24, 2.45) is 5.73 Å². The lowest BCUT2D eigenvalue weighted by Gasteiger charge is -2.25. The summed E-state index contributed by atoms with van der Waals surface area (Å²) in [5.41, 5.74) is 6.36. The Morgan fingerprint density at radius 1 is 1.19 bits per heavy atom. The van der Waals surface area contributed by atoms with Crippen molar-refractivity contribution < 1.29 is 14.3 Å². The number of methoxy groups -OCH3 is 2. The van der Waals surface area contributed by atoms with Crippen LogP contribution >= 0.6 is 0 Å². The molecule has 0 fully saturated rings. The number of amides is 1. The van der Waals surface area contributed by atoms with E-state index in [2.05, 4.69) is 5.32 Å². The van der Waals surface area contributed by atoms with Crippen molar-refractivity contribution in [2.75, 3.05) is 20.8 Å². The smallest absolute Gasteiger partial charge is 0.240 e. The van der Waals surface area contributed by atoms with E-state index in [1.54, 1.807) is 14.2 Å². The lowest BCUT2D eigenvalue weighted by Crippen LogP contribution is -2.53. The predicted octanol–water partition coefficient (Wildman–Crippen LogP) is 1.88. The van der Waals surface area contributed by atoms with Crippen LogP contribution < -0.4 is 20.5 Å². The number of carbonyl (C=O) groups excluding carboxylic acids is 1. The summed E-state index contributed by atoms with van der Waals surface area (Å²) in [5.74, 6) is 1.30. The van der Waals surface area contributed by atoms with Gasteiger partial charge in [-0.15, -0.1) is 0 Å². The molecule has 0 aromatic heterocycles. The standard InChI is InChI=1S/C16H26N2O3/c1-5-16(17,6-2)15(19)18-10-9-12-7-8-13(20-3)14(11-12)21-4/h7-8,11H,5-6,9-10,17H2,1-4H3,(H,18,19). The zero-order valence-corrected chi connectivity index (χ0v) is 13.4. The van der Waals surface area contributed by atoms with Crippen LogP contribution in [0.15, 0.2) is 18.2 Å². The third kappa shape index (κ3) is 4.36. The van der Waals surface area contributed by atoms with Crippen LogP contribution in [0.1, 0.15) is 32.3 Å². The molecule has 5 heteroatoms. The number of hydrogen-bond donors (Lipinski definition) is 2. The van der Waals surface area contributed by atoms with Crippen molar-refractivity contribution in [1.29, 1.82) is 0 Å². The van der Waals surface area contributed by atoms with Crippen LogP contribution in [0.5, 0.6) is 11.5 Å². The van der Waals surface area contributed by atoms with Gasteiger partial charge in [0, 0.05) is 6.54 Å². The highest BCUT2D eigenvalue weighted by Gasteiger charge is 2.29. The van der Waals surface area contributed by atoms with Gasteiger partial charge in [0.15, 0.2) is 11.5 Å². The van der Waals surface area contributed by atoms with Crippen LogP contribution in [-0.2, 0) is 11.2 Å². The Bertz CT molecular complexity index is 471. The predicted molar refractivity (Wildman–Crippen MR) is 83.8 cm³/mol. The monoisotopic (exact) mass is 294 g/mol. The molecular weight excluding hydrogens is 268 g/mol. The van der Waals surface area contributed by atoms with Crippen molar-refractivity contribution in [1.82, 2.24) is 5.32 Å². The topological polar surface area (TPSA) is 73.6 Å². The number of benzene rings is 1. The van der Waals surface area contributed by atoms with Gasteiger partial charge in [-0.25, -0.2) is 0 Å². The van der Waals surface area contributed by atoms with E-state index in [1.165, 1.54) is 0 Å². The third-order valence-corrected chi connectivity index (χ3v) is 3.86. The Morgan fingerprint density at radius 2 is 1.81 bits per heavy atom. The Labute approximate surface area is 126 Å². The Kier molecular flexibility index (Phi) is 6.49. The molecule has 0 unspecified atom stereocenters. The molecule has 0 heterocycles. The molecule has 0 aliphatic rings. The molecule has 0 bridgehead atoms. The molecule has 3 N–H and O–H groups in total. The minimum absolute atomic E-state index is 0.0898. The van der Waals surface area contributed by atoms with Crippen LogP contribution in [0.4, 0.5) is 0 Å². The van der Waals surface area contributed by atoms with Gasteiger partial charge in [0.05, 0.1) is 19.8 Å². The van der Waals surface area contributed by atoms with Crippen LogP contribution in [0.3, 0.4) is 0 Å². The van der Waals surface area contributed by atoms with Gasteiger partial charge in [0.25, 0.3) is 0 Å². The highest BCUT2D eigenvalue weighted by molar-refractivity contribution is 5.85. The normalized spacial score (nSPS) is 11.1. The molecule has 5 nitrogen and oxygen atoms in total. The van der Waals surface area contributed by atoms with Crippen molar-refractivity contribution >= 4 is 5.91 Å². The Morgan fingerprint density at radius 3 is 2.33 bits per heavy atom. The average Bonchev–Trinajstić information content (AvgIpc) is 2.53. The molecule has 0 saturated carbocycles. The third-order valence-electron chi connectivity index (χ3n) is 3.86. The van der Waals surface area contributed by atoms with E-state index in [0.717, 1.165) is 12.0 Å². The van der Waals surface area contributed by atoms with Crippen LogP contribution in [0.25, 0.3) is 0 Å². The fourth-order valence-corrected chi connectivity index (χ4v) is 2.10. The van der Waals surface area contributed by atoms with Crippen LogP contribution in [-0.4, -0.2) is 32.2 Å². The number of rotatable bonds is 8. The summed E-state index contributed by atoms with van der Waals surface area (Å²) in [5, 5.41) is 2.90. The van der Waals surface area contributed by atoms with Crippen molar-refractivity contribution in [3.8, 4) is 11.5 Å². The maximum Gasteiger partial charge on any atom is 0.240 e. The maximum atomic E-state index is 12.1. The molecular formula is C16H26N2O3. The van der Waals surface area contributed by atoms with E-state index in [4.69, 9.17) is 15.2 Å². The molecule has 0 saturated heterocycles. The van der Waals surface area contributed by atoms with Gasteiger partial charge in [0.1, 0.15) is 0 Å². The molecule has 1 amide bonds. The number of nitrogens with two attached hydrogens (primary N) is 1. The summed E-state index contributed by atoms with van der Waals surface area (Å²) in [6.45, 7) is 4.40. The first-order valence-corrected chi connectivity index (χ1v) is 7.28. The summed E-state index contributed by atoms with van der Waals surface area (Å²) in [6.07, 6.45) is 1.98. The number of ether oxygens (including phenoxy) is 2. The summed E-state index contributed by atoms with van der Waals surface area (Å²) < 4.78 is 10.5. The van der Waals surface area contributed by atoms with Gasteiger partial charge >= 0.3 is 0 Å². The molecule has 1 rings (SSSR count). The summed E-state index contributed by atoms with van der Waals surface area (Å²) >= 11 is 0. The average molecular weight is 294 g/mol. The molecule has 1 aromatic carbocycles. The molecule has 0 aliphatic carbocycles. The quantitative estimate of drug-likeness (QED) is 0.768. The second kappa shape index (κ2) is 7.88. The van der Waals surface area contributed by atoms with E-state index < -0.39 is 5.54 Å². The minimum atomic E-state index is -0.766. The zero-order valence-electron chi connectivity index (χ0n) is 13.4. The van der Waals surface area contributed by atoms with E-state index in [9.17, 15) is 4.79 Å². The number of hydrogen-bond acceptors (Lipinski definition) is 4. The summed E-state index contributed by atoms with van der Waals surface area (Å²) in [4.78, 5) is 12.1. The SMILES string of the molecule is CCC(N)(CC)C(=O)NCCc1ccc(OC)c(OC)c1. The highest BCUT2D eigenvalue weighted by atomic mass is 16.5. The van der Waals surface area contributed by atoms with Crippen molar-refractivity contribution in [2.45, 2.75) is 38.6 Å². The zero-order chi connectivity index (χ0) is 15.9. The molecule has 0 atom stereocenters. The van der Waals surface area contributed by atoms with Crippen molar-refractivity contribution in [3.05, 3.63) is 23.8 Å². The fraction of sp³-hybridized carbons (Fsp3) is 0.562. The van der Waals surface area contributed by atoms with Crippen LogP contribution in [0.2, 0.25) is 0 Å².